The first-order chi connectivity index (χ1) is 9.13. The highest BCUT2D eigenvalue weighted by Crippen LogP contribution is 2.31. The van der Waals surface area contributed by atoms with Crippen molar-refractivity contribution in [3.05, 3.63) is 35.4 Å². The molecule has 3 rings (SSSR count). The van der Waals surface area contributed by atoms with Gasteiger partial charge in [-0.15, -0.1) is 0 Å². The molecule has 2 aliphatic rings. The van der Waals surface area contributed by atoms with Crippen LogP contribution < -0.4 is 5.32 Å². The molecule has 1 fully saturated rings. The standard InChI is InChI=1S/C15H20N2O2/c1-2-15(19)9-17(10-15)14(18)13-8-16-7-11-5-3-4-6-12(11)13/h3-6,13,16,19H,2,7-10H2,1H3. The second-order valence-corrected chi connectivity index (χ2v) is 5.65. The number of hydrogen-bond acceptors (Lipinski definition) is 3. The van der Waals surface area contributed by atoms with Crippen molar-refractivity contribution in [3.8, 4) is 0 Å². The molecule has 0 saturated carbocycles. The first-order valence-electron chi connectivity index (χ1n) is 6.93. The number of nitrogens with one attached hydrogen (secondary N) is 1. The summed E-state index contributed by atoms with van der Waals surface area (Å²) < 4.78 is 0. The van der Waals surface area contributed by atoms with Gasteiger partial charge in [-0.25, -0.2) is 0 Å². The van der Waals surface area contributed by atoms with E-state index in [2.05, 4.69) is 11.4 Å². The van der Waals surface area contributed by atoms with Crippen molar-refractivity contribution in [2.24, 2.45) is 0 Å². The topological polar surface area (TPSA) is 52.6 Å². The van der Waals surface area contributed by atoms with Gasteiger partial charge in [0.2, 0.25) is 5.91 Å². The van der Waals surface area contributed by atoms with Gasteiger partial charge in [-0.05, 0) is 17.5 Å². The van der Waals surface area contributed by atoms with Crippen LogP contribution in [-0.4, -0.2) is 41.1 Å². The minimum Gasteiger partial charge on any atom is -0.386 e. The number of carbonyl (C=O) groups excluding carboxylic acids is 1. The van der Waals surface area contributed by atoms with Gasteiger partial charge in [0, 0.05) is 13.1 Å². The Morgan fingerprint density at radius 3 is 2.95 bits per heavy atom. The van der Waals surface area contributed by atoms with Crippen LogP contribution >= 0.6 is 0 Å². The Kier molecular flexibility index (Phi) is 3.07. The number of hydrogen-bond donors (Lipinski definition) is 2. The minimum atomic E-state index is -0.655. The maximum absolute atomic E-state index is 12.5. The van der Waals surface area contributed by atoms with Crippen LogP contribution in [0.4, 0.5) is 0 Å². The number of nitrogens with zero attached hydrogens (tertiary/aromatic N) is 1. The molecule has 4 heteroatoms. The highest BCUT2D eigenvalue weighted by molar-refractivity contribution is 5.85. The monoisotopic (exact) mass is 260 g/mol. The molecule has 0 radical (unpaired) electrons. The van der Waals surface area contributed by atoms with E-state index in [-0.39, 0.29) is 11.8 Å². The van der Waals surface area contributed by atoms with Crippen molar-refractivity contribution in [3.63, 3.8) is 0 Å². The Balaban J connectivity index is 1.76. The van der Waals surface area contributed by atoms with Gasteiger partial charge in [-0.1, -0.05) is 31.2 Å². The molecule has 4 nitrogen and oxygen atoms in total. The number of amides is 1. The number of fused-ring (bicyclic) bond motifs is 1. The Hall–Kier alpha value is -1.39. The van der Waals surface area contributed by atoms with Crippen LogP contribution in [0.3, 0.4) is 0 Å². The number of rotatable bonds is 2. The highest BCUT2D eigenvalue weighted by atomic mass is 16.3. The zero-order valence-electron chi connectivity index (χ0n) is 11.2. The Bertz CT molecular complexity index is 495. The van der Waals surface area contributed by atoms with E-state index in [1.165, 1.54) is 5.56 Å². The van der Waals surface area contributed by atoms with E-state index in [9.17, 15) is 9.90 Å². The van der Waals surface area contributed by atoms with Gasteiger partial charge in [-0.3, -0.25) is 4.79 Å². The van der Waals surface area contributed by atoms with Gasteiger partial charge in [0.05, 0.1) is 24.6 Å². The Morgan fingerprint density at radius 2 is 2.21 bits per heavy atom. The maximum Gasteiger partial charge on any atom is 0.231 e. The maximum atomic E-state index is 12.5. The number of carbonyl (C=O) groups is 1. The van der Waals surface area contributed by atoms with Crippen LogP contribution in [0.2, 0.25) is 0 Å². The smallest absolute Gasteiger partial charge is 0.231 e. The molecule has 102 valence electrons. The van der Waals surface area contributed by atoms with Crippen LogP contribution in [0.5, 0.6) is 0 Å². The van der Waals surface area contributed by atoms with Crippen LogP contribution in [-0.2, 0) is 11.3 Å². The quantitative estimate of drug-likeness (QED) is 0.829. The molecule has 1 unspecified atom stereocenters. The molecule has 1 aromatic rings. The van der Waals surface area contributed by atoms with Crippen molar-refractivity contribution in [1.82, 2.24) is 10.2 Å². The minimum absolute atomic E-state index is 0.105. The molecule has 2 aliphatic heterocycles. The van der Waals surface area contributed by atoms with E-state index in [4.69, 9.17) is 0 Å². The lowest BCUT2D eigenvalue weighted by Gasteiger charge is -2.47. The summed E-state index contributed by atoms with van der Waals surface area (Å²) in [6, 6.07) is 8.11. The average Bonchev–Trinajstić information content (AvgIpc) is 2.42. The molecule has 1 atom stereocenters. The molecule has 0 aromatic heterocycles. The molecule has 0 spiro atoms. The first-order valence-corrected chi connectivity index (χ1v) is 6.93. The Morgan fingerprint density at radius 1 is 1.47 bits per heavy atom. The third kappa shape index (κ3) is 2.15. The van der Waals surface area contributed by atoms with Crippen molar-refractivity contribution in [2.45, 2.75) is 31.4 Å². The van der Waals surface area contributed by atoms with E-state index in [1.54, 1.807) is 4.90 Å². The van der Waals surface area contributed by atoms with E-state index in [1.807, 2.05) is 25.1 Å². The largest absolute Gasteiger partial charge is 0.386 e. The van der Waals surface area contributed by atoms with Gasteiger partial charge in [0.25, 0.3) is 0 Å². The fourth-order valence-corrected chi connectivity index (χ4v) is 2.98. The predicted octanol–water partition coefficient (Wildman–Crippen LogP) is 0.857. The second-order valence-electron chi connectivity index (χ2n) is 5.65. The van der Waals surface area contributed by atoms with E-state index in [0.29, 0.717) is 26.1 Å². The number of β-amino-alcohol motifs (C(OH)–C–C–N with tert-alkyl or cyclic N) is 1. The van der Waals surface area contributed by atoms with Crippen LogP contribution in [0.1, 0.15) is 30.4 Å². The van der Waals surface area contributed by atoms with E-state index >= 15 is 0 Å². The third-order valence-electron chi connectivity index (χ3n) is 4.33. The number of aliphatic hydroxyl groups is 1. The molecule has 1 amide bonds. The molecule has 19 heavy (non-hydrogen) atoms. The van der Waals surface area contributed by atoms with Gasteiger partial charge in [0.1, 0.15) is 0 Å². The van der Waals surface area contributed by atoms with Crippen molar-refractivity contribution in [2.75, 3.05) is 19.6 Å². The summed E-state index contributed by atoms with van der Waals surface area (Å²) in [6.07, 6.45) is 0.705. The lowest BCUT2D eigenvalue weighted by atomic mass is 9.85. The molecular weight excluding hydrogens is 240 g/mol. The predicted molar refractivity (Wildman–Crippen MR) is 72.7 cm³/mol. The van der Waals surface area contributed by atoms with Gasteiger partial charge in [-0.2, -0.15) is 0 Å². The SMILES string of the molecule is CCC1(O)CN(C(=O)C2CNCc3ccccc32)C1. The van der Waals surface area contributed by atoms with Crippen molar-refractivity contribution >= 4 is 5.91 Å². The van der Waals surface area contributed by atoms with Crippen LogP contribution in [0.15, 0.2) is 24.3 Å². The summed E-state index contributed by atoms with van der Waals surface area (Å²) in [5, 5.41) is 13.3. The third-order valence-corrected chi connectivity index (χ3v) is 4.33. The average molecular weight is 260 g/mol. The van der Waals surface area contributed by atoms with Crippen molar-refractivity contribution < 1.29 is 9.90 Å². The van der Waals surface area contributed by atoms with Crippen molar-refractivity contribution in [1.29, 1.82) is 0 Å². The Labute approximate surface area is 113 Å². The lowest BCUT2D eigenvalue weighted by molar-refractivity contribution is -0.157. The molecule has 0 bridgehead atoms. The zero-order valence-corrected chi connectivity index (χ0v) is 11.2. The van der Waals surface area contributed by atoms with Gasteiger partial charge >= 0.3 is 0 Å². The normalized spacial score (nSPS) is 24.5. The number of likely N-dealkylation sites (tertiary alicyclic amines) is 1. The van der Waals surface area contributed by atoms with Crippen LogP contribution in [0.25, 0.3) is 0 Å². The van der Waals surface area contributed by atoms with Gasteiger partial charge in [0.15, 0.2) is 0 Å². The second kappa shape index (κ2) is 4.62. The summed E-state index contributed by atoms with van der Waals surface area (Å²) in [6.45, 7) is 4.43. The molecular formula is C15H20N2O2. The lowest BCUT2D eigenvalue weighted by Crippen LogP contribution is -2.64. The number of benzene rings is 1. The summed E-state index contributed by atoms with van der Waals surface area (Å²) in [4.78, 5) is 14.3. The van der Waals surface area contributed by atoms with E-state index in [0.717, 1.165) is 12.1 Å². The first kappa shape index (κ1) is 12.6. The van der Waals surface area contributed by atoms with Gasteiger partial charge < -0.3 is 15.3 Å². The fourth-order valence-electron chi connectivity index (χ4n) is 2.98. The van der Waals surface area contributed by atoms with Crippen LogP contribution in [0, 0.1) is 0 Å². The molecule has 1 aromatic carbocycles. The highest BCUT2D eigenvalue weighted by Gasteiger charge is 2.44. The molecule has 2 N–H and O–H groups in total. The zero-order chi connectivity index (χ0) is 13.5. The van der Waals surface area contributed by atoms with E-state index < -0.39 is 5.60 Å². The summed E-state index contributed by atoms with van der Waals surface area (Å²) >= 11 is 0. The fraction of sp³-hybridized carbons (Fsp3) is 0.533. The molecule has 2 heterocycles. The summed E-state index contributed by atoms with van der Waals surface area (Å²) in [5.41, 5.74) is 1.69. The molecule has 0 aliphatic carbocycles. The molecule has 1 saturated heterocycles. The summed E-state index contributed by atoms with van der Waals surface area (Å²) in [7, 11) is 0. The summed E-state index contributed by atoms with van der Waals surface area (Å²) in [5.74, 6) is 0.0316.